The topological polar surface area (TPSA) is 20.2 Å². The van der Waals surface area contributed by atoms with Crippen molar-refractivity contribution < 1.29 is 5.11 Å². The van der Waals surface area contributed by atoms with E-state index in [9.17, 15) is 5.11 Å². The van der Waals surface area contributed by atoms with Gasteiger partial charge in [-0.3, -0.25) is 0 Å². The SMILES string of the molecule is C#C[C@]1(O)CC[C@H]2[C@@H]3CCC4C=CCC[C@@H]4[C@H]3CC[C@@]21C. The lowest BCUT2D eigenvalue weighted by Gasteiger charge is -2.55. The second-order valence-corrected chi connectivity index (χ2v) is 8.34. The Balaban J connectivity index is 1.64. The molecule has 21 heavy (non-hydrogen) atoms. The number of rotatable bonds is 0. The van der Waals surface area contributed by atoms with Gasteiger partial charge in [-0.1, -0.05) is 25.0 Å². The normalized spacial score (nSPS) is 55.2. The van der Waals surface area contributed by atoms with Crippen molar-refractivity contribution in [3.05, 3.63) is 12.2 Å². The lowest BCUT2D eigenvalue weighted by molar-refractivity contribution is -0.0975. The van der Waals surface area contributed by atoms with Gasteiger partial charge in [-0.15, -0.1) is 6.42 Å². The van der Waals surface area contributed by atoms with E-state index >= 15 is 0 Å². The van der Waals surface area contributed by atoms with Crippen molar-refractivity contribution in [2.24, 2.45) is 35.0 Å². The van der Waals surface area contributed by atoms with Crippen LogP contribution in [0.15, 0.2) is 12.2 Å². The summed E-state index contributed by atoms with van der Waals surface area (Å²) in [5.41, 5.74) is -0.869. The van der Waals surface area contributed by atoms with Gasteiger partial charge in [0.15, 0.2) is 0 Å². The molecule has 0 spiro atoms. The zero-order valence-electron chi connectivity index (χ0n) is 13.2. The molecule has 3 saturated carbocycles. The fraction of sp³-hybridized carbons (Fsp3) is 0.800. The molecule has 0 aromatic rings. The van der Waals surface area contributed by atoms with Gasteiger partial charge in [0.25, 0.3) is 0 Å². The van der Waals surface area contributed by atoms with Crippen LogP contribution in [0.1, 0.15) is 58.3 Å². The van der Waals surface area contributed by atoms with Crippen LogP contribution in [0.4, 0.5) is 0 Å². The third-order valence-corrected chi connectivity index (χ3v) is 7.87. The molecule has 1 N–H and O–H groups in total. The van der Waals surface area contributed by atoms with Crippen molar-refractivity contribution in [3.8, 4) is 12.3 Å². The van der Waals surface area contributed by atoms with E-state index in [0.29, 0.717) is 5.92 Å². The first-order chi connectivity index (χ1) is 10.1. The molecule has 1 nitrogen and oxygen atoms in total. The molecule has 0 aliphatic heterocycles. The molecule has 0 heterocycles. The zero-order chi connectivity index (χ0) is 14.7. The highest BCUT2D eigenvalue weighted by Crippen LogP contribution is 2.64. The number of hydrogen-bond acceptors (Lipinski definition) is 1. The van der Waals surface area contributed by atoms with E-state index < -0.39 is 5.60 Å². The maximum atomic E-state index is 10.9. The number of aliphatic hydroxyl groups is 1. The van der Waals surface area contributed by atoms with Crippen LogP contribution in [0.5, 0.6) is 0 Å². The van der Waals surface area contributed by atoms with Crippen molar-refractivity contribution >= 4 is 0 Å². The summed E-state index contributed by atoms with van der Waals surface area (Å²) >= 11 is 0. The van der Waals surface area contributed by atoms with Gasteiger partial charge in [0.05, 0.1) is 0 Å². The lowest BCUT2D eigenvalue weighted by Crippen LogP contribution is -2.52. The van der Waals surface area contributed by atoms with Crippen LogP contribution < -0.4 is 0 Å². The number of hydrogen-bond donors (Lipinski definition) is 1. The highest BCUT2D eigenvalue weighted by molar-refractivity contribution is 5.23. The Hall–Kier alpha value is -0.740. The van der Waals surface area contributed by atoms with Gasteiger partial charge < -0.3 is 5.11 Å². The summed E-state index contributed by atoms with van der Waals surface area (Å²) in [5, 5.41) is 10.9. The van der Waals surface area contributed by atoms with Gasteiger partial charge in [0, 0.05) is 5.41 Å². The molecule has 0 aromatic heterocycles. The van der Waals surface area contributed by atoms with Crippen LogP contribution in [0.25, 0.3) is 0 Å². The number of allylic oxidation sites excluding steroid dienone is 2. The molecule has 0 amide bonds. The van der Waals surface area contributed by atoms with Crippen LogP contribution in [0.3, 0.4) is 0 Å². The molecule has 3 fully saturated rings. The molecular weight excluding hydrogens is 256 g/mol. The highest BCUT2D eigenvalue weighted by Gasteiger charge is 2.61. The first-order valence-electron chi connectivity index (χ1n) is 8.96. The van der Waals surface area contributed by atoms with Gasteiger partial charge in [0.2, 0.25) is 0 Å². The summed E-state index contributed by atoms with van der Waals surface area (Å²) in [7, 11) is 0. The predicted octanol–water partition coefficient (Wildman–Crippen LogP) is 4.17. The number of fused-ring (bicyclic) bond motifs is 5. The summed E-state index contributed by atoms with van der Waals surface area (Å²) in [5.74, 6) is 6.91. The molecule has 0 aromatic carbocycles. The second kappa shape index (κ2) is 4.63. The summed E-state index contributed by atoms with van der Waals surface area (Å²) in [6, 6.07) is 0. The highest BCUT2D eigenvalue weighted by atomic mass is 16.3. The fourth-order valence-electron chi connectivity index (χ4n) is 6.66. The van der Waals surface area contributed by atoms with E-state index in [2.05, 4.69) is 25.0 Å². The van der Waals surface area contributed by atoms with E-state index in [-0.39, 0.29) is 5.41 Å². The van der Waals surface area contributed by atoms with E-state index in [0.717, 1.165) is 42.9 Å². The first kappa shape index (κ1) is 13.9. The molecule has 0 saturated heterocycles. The number of terminal acetylenes is 1. The molecule has 0 bridgehead atoms. The zero-order valence-corrected chi connectivity index (χ0v) is 13.2. The minimum Gasteiger partial charge on any atom is -0.377 e. The molecule has 1 heteroatoms. The molecule has 4 aliphatic rings. The Bertz CT molecular complexity index is 500. The van der Waals surface area contributed by atoms with Gasteiger partial charge in [0.1, 0.15) is 5.60 Å². The van der Waals surface area contributed by atoms with Crippen LogP contribution >= 0.6 is 0 Å². The Labute approximate surface area is 129 Å². The maximum absolute atomic E-state index is 10.9. The predicted molar refractivity (Wildman–Crippen MR) is 85.4 cm³/mol. The molecule has 114 valence electrons. The summed E-state index contributed by atoms with van der Waals surface area (Å²) in [6.45, 7) is 2.29. The maximum Gasteiger partial charge on any atom is 0.130 e. The Morgan fingerprint density at radius 1 is 1.05 bits per heavy atom. The van der Waals surface area contributed by atoms with Crippen LogP contribution in [0, 0.1) is 47.3 Å². The van der Waals surface area contributed by atoms with Crippen molar-refractivity contribution in [2.45, 2.75) is 63.9 Å². The van der Waals surface area contributed by atoms with E-state index in [1.54, 1.807) is 0 Å². The van der Waals surface area contributed by atoms with Gasteiger partial charge >= 0.3 is 0 Å². The average Bonchev–Trinajstić information content (AvgIpc) is 2.79. The van der Waals surface area contributed by atoms with Gasteiger partial charge in [-0.05, 0) is 81.0 Å². The Kier molecular flexibility index (Phi) is 3.06. The minimum atomic E-state index is -0.841. The smallest absolute Gasteiger partial charge is 0.130 e. The van der Waals surface area contributed by atoms with Gasteiger partial charge in [-0.25, -0.2) is 0 Å². The van der Waals surface area contributed by atoms with Gasteiger partial charge in [-0.2, -0.15) is 0 Å². The van der Waals surface area contributed by atoms with E-state index in [1.165, 1.54) is 32.1 Å². The second-order valence-electron chi connectivity index (χ2n) is 8.34. The van der Waals surface area contributed by atoms with E-state index in [4.69, 9.17) is 6.42 Å². The molecule has 4 aliphatic carbocycles. The minimum absolute atomic E-state index is 0.0275. The standard InChI is InChI=1S/C20H28O/c1-3-20(21)13-11-18-17-9-8-14-6-4-5-7-15(14)16(17)10-12-19(18,20)2/h1,4,6,14-18,21H,5,7-13H2,2H3/t14?,15-,16+,17+,18-,19-,20-/m0/s1. The van der Waals surface area contributed by atoms with Crippen molar-refractivity contribution in [1.29, 1.82) is 0 Å². The van der Waals surface area contributed by atoms with Crippen molar-refractivity contribution in [1.82, 2.24) is 0 Å². The third-order valence-electron chi connectivity index (χ3n) is 7.87. The molecule has 4 rings (SSSR count). The van der Waals surface area contributed by atoms with Crippen LogP contribution in [-0.2, 0) is 0 Å². The van der Waals surface area contributed by atoms with Crippen molar-refractivity contribution in [2.75, 3.05) is 0 Å². The first-order valence-corrected chi connectivity index (χ1v) is 8.96. The van der Waals surface area contributed by atoms with Crippen molar-refractivity contribution in [3.63, 3.8) is 0 Å². The Morgan fingerprint density at radius 2 is 1.90 bits per heavy atom. The van der Waals surface area contributed by atoms with Crippen LogP contribution in [-0.4, -0.2) is 10.7 Å². The summed E-state index contributed by atoms with van der Waals surface area (Å²) in [4.78, 5) is 0. The largest absolute Gasteiger partial charge is 0.377 e. The Morgan fingerprint density at radius 3 is 2.71 bits per heavy atom. The molecule has 7 atom stereocenters. The fourth-order valence-corrected chi connectivity index (χ4v) is 6.66. The monoisotopic (exact) mass is 284 g/mol. The summed E-state index contributed by atoms with van der Waals surface area (Å²) < 4.78 is 0. The summed E-state index contributed by atoms with van der Waals surface area (Å²) in [6.07, 6.45) is 20.4. The molecule has 1 unspecified atom stereocenters. The molecule has 0 radical (unpaired) electrons. The van der Waals surface area contributed by atoms with E-state index in [1.807, 2.05) is 0 Å². The quantitative estimate of drug-likeness (QED) is 0.523. The average molecular weight is 284 g/mol. The molecular formula is C20H28O. The lowest BCUT2D eigenvalue weighted by atomic mass is 9.50. The third kappa shape index (κ3) is 1.75. The van der Waals surface area contributed by atoms with Crippen LogP contribution in [0.2, 0.25) is 0 Å².